The summed E-state index contributed by atoms with van der Waals surface area (Å²) in [5, 5.41) is 4.30. The van der Waals surface area contributed by atoms with Crippen molar-refractivity contribution < 1.29 is 22.3 Å². The van der Waals surface area contributed by atoms with Gasteiger partial charge in [0.05, 0.1) is 34.3 Å². The van der Waals surface area contributed by atoms with Crippen molar-refractivity contribution in [3.05, 3.63) is 28.6 Å². The molecule has 5 rings (SSSR count). The van der Waals surface area contributed by atoms with Crippen LogP contribution in [0.25, 0.3) is 11.0 Å². The van der Waals surface area contributed by atoms with Crippen LogP contribution in [0.5, 0.6) is 0 Å². The molecule has 1 atom stereocenters. The zero-order valence-corrected chi connectivity index (χ0v) is 19.4. The molecule has 0 spiro atoms. The van der Waals surface area contributed by atoms with Crippen molar-refractivity contribution in [1.29, 1.82) is 0 Å². The van der Waals surface area contributed by atoms with Crippen molar-refractivity contribution in [2.75, 3.05) is 18.9 Å². The van der Waals surface area contributed by atoms with E-state index < -0.39 is 26.3 Å². The Balaban J connectivity index is 1.55. The van der Waals surface area contributed by atoms with Crippen LogP contribution in [0.1, 0.15) is 43.2 Å². The highest BCUT2D eigenvalue weighted by atomic mass is 32.2. The molecule has 12 heteroatoms. The topological polar surface area (TPSA) is 130 Å². The van der Waals surface area contributed by atoms with Crippen molar-refractivity contribution in [3.8, 4) is 0 Å². The molecular weight excluding hydrogens is 469 g/mol. The summed E-state index contributed by atoms with van der Waals surface area (Å²) >= 11 is 0.836. The second-order valence-corrected chi connectivity index (χ2v) is 11.9. The first-order valence-electron chi connectivity index (χ1n) is 10.9. The lowest BCUT2D eigenvalue weighted by atomic mass is 9.90. The molecule has 1 saturated heterocycles. The Bertz CT molecular complexity index is 1300. The fourth-order valence-electron chi connectivity index (χ4n) is 4.33. The number of rotatable bonds is 8. The Kier molecular flexibility index (Phi) is 5.91. The van der Waals surface area contributed by atoms with E-state index in [-0.39, 0.29) is 34.5 Å². The normalized spacial score (nSPS) is 18.6. The summed E-state index contributed by atoms with van der Waals surface area (Å²) in [6.45, 7) is 1.25. The van der Waals surface area contributed by atoms with E-state index >= 15 is 0 Å². The van der Waals surface area contributed by atoms with Crippen LogP contribution in [0.15, 0.2) is 23.4 Å². The van der Waals surface area contributed by atoms with Gasteiger partial charge >= 0.3 is 0 Å². The van der Waals surface area contributed by atoms with Crippen LogP contribution in [-0.2, 0) is 25.8 Å². The molecular formula is C21H24FN5O4S2. The van der Waals surface area contributed by atoms with E-state index in [1.165, 1.54) is 16.9 Å². The van der Waals surface area contributed by atoms with E-state index in [2.05, 4.69) is 15.1 Å². The molecule has 2 fully saturated rings. The quantitative estimate of drug-likeness (QED) is 0.507. The highest BCUT2D eigenvalue weighted by Gasteiger charge is 2.39. The lowest BCUT2D eigenvalue weighted by Gasteiger charge is -2.26. The first kappa shape index (κ1) is 22.4. The summed E-state index contributed by atoms with van der Waals surface area (Å²) in [6, 6.07) is 0.665. The van der Waals surface area contributed by atoms with Crippen molar-refractivity contribution in [1.82, 2.24) is 19.7 Å². The molecule has 3 aromatic rings. The fourth-order valence-corrected chi connectivity index (χ4v) is 6.83. The molecule has 2 N–H and O–H groups in total. The number of sulfone groups is 1. The zero-order valence-electron chi connectivity index (χ0n) is 17.8. The van der Waals surface area contributed by atoms with Crippen molar-refractivity contribution >= 4 is 43.8 Å². The maximum atomic E-state index is 13.4. The van der Waals surface area contributed by atoms with E-state index in [9.17, 15) is 17.6 Å². The number of nitrogens with zero attached hydrogens (tertiary/aromatic N) is 4. The van der Waals surface area contributed by atoms with Gasteiger partial charge in [-0.2, -0.15) is 9.49 Å². The average molecular weight is 494 g/mol. The molecule has 9 nitrogen and oxygen atoms in total. The number of aromatic nitrogens is 4. The van der Waals surface area contributed by atoms with Crippen molar-refractivity contribution in [3.63, 3.8) is 0 Å². The van der Waals surface area contributed by atoms with Gasteiger partial charge in [-0.25, -0.2) is 23.1 Å². The van der Waals surface area contributed by atoms with Gasteiger partial charge in [0.1, 0.15) is 16.9 Å². The maximum absolute atomic E-state index is 13.4. The van der Waals surface area contributed by atoms with Gasteiger partial charge in [0, 0.05) is 13.2 Å². The van der Waals surface area contributed by atoms with E-state index in [0.717, 1.165) is 30.4 Å². The number of fused-ring (bicyclic) bond motifs is 1. The second kappa shape index (κ2) is 8.73. The number of nitrogen functional groups attached to an aromatic ring is 1. The molecule has 0 aromatic carbocycles. The number of hydrogen-bond acceptors (Lipinski definition) is 9. The van der Waals surface area contributed by atoms with E-state index in [4.69, 9.17) is 10.5 Å². The maximum Gasteiger partial charge on any atom is 0.196 e. The van der Waals surface area contributed by atoms with Gasteiger partial charge in [0.2, 0.25) is 0 Å². The molecule has 0 amide bonds. The van der Waals surface area contributed by atoms with Gasteiger partial charge in [0.25, 0.3) is 0 Å². The molecule has 1 aliphatic carbocycles. The van der Waals surface area contributed by atoms with Gasteiger partial charge < -0.3 is 10.5 Å². The van der Waals surface area contributed by atoms with Gasteiger partial charge in [0.15, 0.2) is 26.4 Å². The Hall–Kier alpha value is -2.44. The Morgan fingerprint density at radius 2 is 2.03 bits per heavy atom. The van der Waals surface area contributed by atoms with Gasteiger partial charge in [-0.15, -0.1) is 0 Å². The minimum Gasteiger partial charge on any atom is -0.384 e. The predicted molar refractivity (Wildman–Crippen MR) is 120 cm³/mol. The Morgan fingerprint density at radius 1 is 1.27 bits per heavy atom. The van der Waals surface area contributed by atoms with E-state index in [1.807, 2.05) is 0 Å². The molecule has 176 valence electrons. The number of ketones is 1. The van der Waals surface area contributed by atoms with Crippen molar-refractivity contribution in [2.24, 2.45) is 5.92 Å². The number of ether oxygens (including phenoxy) is 1. The van der Waals surface area contributed by atoms with E-state index in [1.54, 1.807) is 0 Å². The Morgan fingerprint density at radius 3 is 2.70 bits per heavy atom. The third-order valence-corrected chi connectivity index (χ3v) is 9.32. The smallest absolute Gasteiger partial charge is 0.196 e. The standard InChI is InChI=1S/C21H24FN5O4S2/c22-18-11-24-20(32-18)8-16(28)15(7-12-3-5-31-6-4-12)27-21-14(10-25-27)17(9-19(23)26-21)33(29,30)13-1-2-13/h9-13,15H,1-8H2,(H2,23,26)/t15-/m1/s1. The number of carbonyl (C=O) groups excluding carboxylic acids is 1. The molecule has 2 aliphatic rings. The predicted octanol–water partition coefficient (Wildman–Crippen LogP) is 2.71. The molecule has 1 saturated carbocycles. The second-order valence-electron chi connectivity index (χ2n) is 8.62. The van der Waals surface area contributed by atoms with Crippen LogP contribution >= 0.6 is 11.3 Å². The van der Waals surface area contributed by atoms with Crippen LogP contribution in [0.3, 0.4) is 0 Å². The average Bonchev–Trinajstić information content (AvgIpc) is 3.47. The number of carbonyl (C=O) groups is 1. The number of thiazole rings is 1. The van der Waals surface area contributed by atoms with E-state index in [0.29, 0.717) is 42.9 Å². The van der Waals surface area contributed by atoms with Crippen LogP contribution in [0, 0.1) is 11.0 Å². The van der Waals surface area contributed by atoms with Crippen LogP contribution in [-0.4, -0.2) is 52.4 Å². The highest BCUT2D eigenvalue weighted by Crippen LogP contribution is 2.38. The summed E-state index contributed by atoms with van der Waals surface area (Å²) in [7, 11) is -3.55. The summed E-state index contributed by atoms with van der Waals surface area (Å²) in [4.78, 5) is 21.8. The van der Waals surface area contributed by atoms with Crippen LogP contribution in [0.4, 0.5) is 10.2 Å². The molecule has 1 aliphatic heterocycles. The molecule has 33 heavy (non-hydrogen) atoms. The minimum absolute atomic E-state index is 0.0423. The lowest BCUT2D eigenvalue weighted by molar-refractivity contribution is -0.122. The van der Waals surface area contributed by atoms with Gasteiger partial charge in [-0.05, 0) is 44.1 Å². The first-order valence-corrected chi connectivity index (χ1v) is 13.3. The molecule has 0 bridgehead atoms. The Labute approximate surface area is 194 Å². The SMILES string of the molecule is Nc1cc(S(=O)(=O)C2CC2)c2cnn([C@H](CC3CCOCC3)C(=O)Cc3ncc(F)s3)c2n1. The zero-order chi connectivity index (χ0) is 23.2. The van der Waals surface area contributed by atoms with Crippen LogP contribution < -0.4 is 5.73 Å². The van der Waals surface area contributed by atoms with Gasteiger partial charge in [-0.1, -0.05) is 11.3 Å². The number of hydrogen-bond donors (Lipinski definition) is 1. The minimum atomic E-state index is -3.55. The molecule has 4 heterocycles. The molecule has 3 aromatic heterocycles. The number of pyridine rings is 1. The van der Waals surface area contributed by atoms with Crippen LogP contribution in [0.2, 0.25) is 0 Å². The number of halogens is 1. The largest absolute Gasteiger partial charge is 0.384 e. The monoisotopic (exact) mass is 493 g/mol. The third kappa shape index (κ3) is 4.51. The number of Topliss-reactive ketones (excluding diaryl/α,β-unsaturated/α-hetero) is 1. The third-order valence-electron chi connectivity index (χ3n) is 6.23. The summed E-state index contributed by atoms with van der Waals surface area (Å²) in [5.74, 6) is 0.107. The summed E-state index contributed by atoms with van der Waals surface area (Å²) in [6.07, 6.45) is 5.86. The molecule has 0 radical (unpaired) electrons. The summed E-state index contributed by atoms with van der Waals surface area (Å²) in [5.41, 5.74) is 6.26. The first-order chi connectivity index (χ1) is 15.8. The van der Waals surface area contributed by atoms with Crippen molar-refractivity contribution in [2.45, 2.75) is 54.7 Å². The highest BCUT2D eigenvalue weighted by molar-refractivity contribution is 7.92. The van der Waals surface area contributed by atoms with Gasteiger partial charge in [-0.3, -0.25) is 4.79 Å². The molecule has 0 unspecified atom stereocenters. The lowest BCUT2D eigenvalue weighted by Crippen LogP contribution is -2.27. The fraction of sp³-hybridized carbons (Fsp3) is 0.524. The number of nitrogens with two attached hydrogens (primary N) is 1. The summed E-state index contributed by atoms with van der Waals surface area (Å²) < 4.78 is 46.3. The number of anilines is 1.